The molecule has 1 saturated carbocycles. The Morgan fingerprint density at radius 2 is 1.75 bits per heavy atom. The molecule has 16 heavy (non-hydrogen) atoms. The summed E-state index contributed by atoms with van der Waals surface area (Å²) in [7, 11) is 2.31. The topological polar surface area (TPSA) is 15.3 Å². The third-order valence-corrected chi connectivity index (χ3v) is 3.77. The first-order valence-corrected chi connectivity index (χ1v) is 7.25. The molecule has 0 radical (unpaired) electrons. The summed E-state index contributed by atoms with van der Waals surface area (Å²) in [6.45, 7) is 5.91. The van der Waals surface area contributed by atoms with Crippen LogP contribution in [0.5, 0.6) is 0 Å². The molecular formula is C14H30N2. The van der Waals surface area contributed by atoms with Crippen LogP contribution in [0.25, 0.3) is 0 Å². The van der Waals surface area contributed by atoms with E-state index in [2.05, 4.69) is 24.2 Å². The van der Waals surface area contributed by atoms with Gasteiger partial charge >= 0.3 is 0 Å². The lowest BCUT2D eigenvalue weighted by Gasteiger charge is -2.31. The van der Waals surface area contributed by atoms with Crippen molar-refractivity contribution < 1.29 is 0 Å². The maximum absolute atomic E-state index is 3.52. The largest absolute Gasteiger partial charge is 0.317 e. The zero-order valence-corrected chi connectivity index (χ0v) is 11.3. The van der Waals surface area contributed by atoms with Gasteiger partial charge in [0.05, 0.1) is 0 Å². The molecular weight excluding hydrogens is 196 g/mol. The average molecular weight is 226 g/mol. The minimum Gasteiger partial charge on any atom is -0.317 e. The Bertz CT molecular complexity index is 153. The zero-order valence-electron chi connectivity index (χ0n) is 11.3. The fourth-order valence-corrected chi connectivity index (χ4v) is 2.58. The van der Waals surface area contributed by atoms with Crippen molar-refractivity contribution in [1.82, 2.24) is 10.2 Å². The molecule has 1 aliphatic rings. The molecule has 0 aromatic heterocycles. The van der Waals surface area contributed by atoms with Crippen LogP contribution in [0.15, 0.2) is 0 Å². The highest BCUT2D eigenvalue weighted by atomic mass is 15.1. The van der Waals surface area contributed by atoms with E-state index in [1.807, 2.05) is 0 Å². The van der Waals surface area contributed by atoms with E-state index < -0.39 is 0 Å². The van der Waals surface area contributed by atoms with Crippen LogP contribution in [0.2, 0.25) is 0 Å². The third-order valence-electron chi connectivity index (χ3n) is 3.77. The number of nitrogens with zero attached hydrogens (tertiary/aromatic N) is 1. The van der Waals surface area contributed by atoms with Gasteiger partial charge in [0.25, 0.3) is 0 Å². The second kappa shape index (κ2) is 9.00. The Balaban J connectivity index is 1.94. The number of rotatable bonds is 8. The molecule has 0 unspecified atom stereocenters. The first-order chi connectivity index (χ1) is 7.84. The van der Waals surface area contributed by atoms with Crippen molar-refractivity contribution in [2.24, 2.45) is 0 Å². The fourth-order valence-electron chi connectivity index (χ4n) is 2.58. The van der Waals surface area contributed by atoms with E-state index in [0.717, 1.165) is 6.04 Å². The van der Waals surface area contributed by atoms with E-state index in [-0.39, 0.29) is 0 Å². The Morgan fingerprint density at radius 3 is 2.44 bits per heavy atom. The summed E-state index contributed by atoms with van der Waals surface area (Å²) in [4.78, 5) is 2.58. The van der Waals surface area contributed by atoms with Crippen LogP contribution in [0.4, 0.5) is 0 Å². The van der Waals surface area contributed by atoms with Crippen molar-refractivity contribution in [2.75, 3.05) is 26.7 Å². The monoisotopic (exact) mass is 226 g/mol. The van der Waals surface area contributed by atoms with Crippen LogP contribution in [0.1, 0.15) is 58.3 Å². The van der Waals surface area contributed by atoms with Gasteiger partial charge in [-0.15, -0.1) is 0 Å². The van der Waals surface area contributed by atoms with Crippen LogP contribution >= 0.6 is 0 Å². The summed E-state index contributed by atoms with van der Waals surface area (Å²) >= 11 is 0. The van der Waals surface area contributed by atoms with Gasteiger partial charge in [-0.05, 0) is 52.4 Å². The average Bonchev–Trinajstić information content (AvgIpc) is 2.34. The van der Waals surface area contributed by atoms with E-state index >= 15 is 0 Å². The van der Waals surface area contributed by atoms with Gasteiger partial charge in [0.1, 0.15) is 0 Å². The Morgan fingerprint density at radius 1 is 1.06 bits per heavy atom. The molecule has 0 heterocycles. The standard InChI is InChI=1S/C14H30N2/c1-3-4-11-15-12-8-13-16(2)14-9-6-5-7-10-14/h14-15H,3-13H2,1-2H3. The SMILES string of the molecule is CCCCNCCCN(C)C1CCCCC1. The van der Waals surface area contributed by atoms with Gasteiger partial charge in [-0.25, -0.2) is 0 Å². The molecule has 0 aliphatic heterocycles. The van der Waals surface area contributed by atoms with Gasteiger partial charge in [0.2, 0.25) is 0 Å². The lowest BCUT2D eigenvalue weighted by atomic mass is 9.94. The molecule has 1 fully saturated rings. The van der Waals surface area contributed by atoms with Crippen molar-refractivity contribution in [1.29, 1.82) is 0 Å². The van der Waals surface area contributed by atoms with Gasteiger partial charge in [-0.2, -0.15) is 0 Å². The molecule has 1 N–H and O–H groups in total. The molecule has 0 saturated heterocycles. The van der Waals surface area contributed by atoms with Crippen LogP contribution in [-0.2, 0) is 0 Å². The third kappa shape index (κ3) is 5.86. The maximum atomic E-state index is 3.52. The first kappa shape index (κ1) is 14.0. The number of hydrogen-bond acceptors (Lipinski definition) is 2. The second-order valence-electron chi connectivity index (χ2n) is 5.23. The number of hydrogen-bond donors (Lipinski definition) is 1. The van der Waals surface area contributed by atoms with Gasteiger partial charge in [-0.1, -0.05) is 32.6 Å². The molecule has 0 spiro atoms. The van der Waals surface area contributed by atoms with E-state index in [1.54, 1.807) is 0 Å². The van der Waals surface area contributed by atoms with Crippen molar-refractivity contribution in [3.63, 3.8) is 0 Å². The number of nitrogens with one attached hydrogen (secondary N) is 1. The molecule has 0 aromatic rings. The van der Waals surface area contributed by atoms with Gasteiger partial charge < -0.3 is 10.2 Å². The maximum Gasteiger partial charge on any atom is 0.00922 e. The minimum absolute atomic E-state index is 0.879. The summed E-state index contributed by atoms with van der Waals surface area (Å²) in [5, 5.41) is 3.52. The molecule has 0 aromatic carbocycles. The normalized spacial score (nSPS) is 18.2. The quantitative estimate of drug-likeness (QED) is 0.640. The molecule has 1 rings (SSSR count). The molecule has 96 valence electrons. The van der Waals surface area contributed by atoms with Crippen molar-refractivity contribution >= 4 is 0 Å². The fraction of sp³-hybridized carbons (Fsp3) is 1.00. The van der Waals surface area contributed by atoms with Crippen LogP contribution in [0.3, 0.4) is 0 Å². The Labute approximate surface area is 102 Å². The van der Waals surface area contributed by atoms with Crippen LogP contribution in [-0.4, -0.2) is 37.6 Å². The van der Waals surface area contributed by atoms with Crippen LogP contribution in [0, 0.1) is 0 Å². The van der Waals surface area contributed by atoms with E-state index in [9.17, 15) is 0 Å². The highest BCUT2D eigenvalue weighted by Gasteiger charge is 2.16. The zero-order chi connectivity index (χ0) is 11.6. The molecule has 1 aliphatic carbocycles. The van der Waals surface area contributed by atoms with Crippen molar-refractivity contribution in [3.05, 3.63) is 0 Å². The summed E-state index contributed by atoms with van der Waals surface area (Å²) in [5.41, 5.74) is 0. The smallest absolute Gasteiger partial charge is 0.00922 e. The highest BCUT2D eigenvalue weighted by Crippen LogP contribution is 2.21. The lowest BCUT2D eigenvalue weighted by molar-refractivity contribution is 0.189. The van der Waals surface area contributed by atoms with Gasteiger partial charge in [0, 0.05) is 6.04 Å². The summed E-state index contributed by atoms with van der Waals surface area (Å²) < 4.78 is 0. The van der Waals surface area contributed by atoms with Crippen molar-refractivity contribution in [3.8, 4) is 0 Å². The lowest BCUT2D eigenvalue weighted by Crippen LogP contribution is -2.35. The second-order valence-corrected chi connectivity index (χ2v) is 5.23. The van der Waals surface area contributed by atoms with E-state index in [1.165, 1.54) is 71.0 Å². The Hall–Kier alpha value is -0.0800. The molecule has 0 bridgehead atoms. The summed E-state index contributed by atoms with van der Waals surface area (Å²) in [5.74, 6) is 0. The molecule has 0 atom stereocenters. The minimum atomic E-state index is 0.879. The predicted octanol–water partition coefficient (Wildman–Crippen LogP) is 3.03. The number of unbranched alkanes of at least 4 members (excludes halogenated alkanes) is 1. The first-order valence-electron chi connectivity index (χ1n) is 7.25. The van der Waals surface area contributed by atoms with E-state index in [0.29, 0.717) is 0 Å². The Kier molecular flexibility index (Phi) is 7.87. The highest BCUT2D eigenvalue weighted by molar-refractivity contribution is 4.73. The van der Waals surface area contributed by atoms with Gasteiger partial charge in [-0.3, -0.25) is 0 Å². The predicted molar refractivity (Wildman–Crippen MR) is 71.9 cm³/mol. The molecule has 2 heteroatoms. The summed E-state index contributed by atoms with van der Waals surface area (Å²) in [6, 6.07) is 0.879. The summed E-state index contributed by atoms with van der Waals surface area (Å²) in [6.07, 6.45) is 11.1. The molecule has 0 amide bonds. The van der Waals surface area contributed by atoms with Crippen LogP contribution < -0.4 is 5.32 Å². The van der Waals surface area contributed by atoms with E-state index in [4.69, 9.17) is 0 Å². The van der Waals surface area contributed by atoms with Gasteiger partial charge in [0.15, 0.2) is 0 Å². The molecule has 2 nitrogen and oxygen atoms in total. The van der Waals surface area contributed by atoms with Crippen molar-refractivity contribution in [2.45, 2.75) is 64.3 Å².